The summed E-state index contributed by atoms with van der Waals surface area (Å²) in [7, 11) is 3.27. The fourth-order valence-electron chi connectivity index (χ4n) is 4.04. The summed E-state index contributed by atoms with van der Waals surface area (Å²) in [5.74, 6) is 0.761. The van der Waals surface area contributed by atoms with Gasteiger partial charge in [-0.05, 0) is 30.5 Å². The minimum Gasteiger partial charge on any atom is -0.506 e. The van der Waals surface area contributed by atoms with E-state index in [1.807, 2.05) is 29.2 Å². The van der Waals surface area contributed by atoms with E-state index in [0.29, 0.717) is 24.3 Å². The molecule has 0 radical (unpaired) electrons. The molecule has 3 aromatic rings. The van der Waals surface area contributed by atoms with Gasteiger partial charge in [0.15, 0.2) is 5.65 Å². The number of imidazole rings is 1. The van der Waals surface area contributed by atoms with Crippen molar-refractivity contribution in [3.05, 3.63) is 52.6 Å². The van der Waals surface area contributed by atoms with Gasteiger partial charge >= 0.3 is 5.69 Å². The lowest BCUT2D eigenvalue weighted by Crippen LogP contribution is -2.43. The lowest BCUT2D eigenvalue weighted by molar-refractivity contribution is -0.132. The van der Waals surface area contributed by atoms with Crippen LogP contribution in [0, 0.1) is 0 Å². The van der Waals surface area contributed by atoms with Crippen molar-refractivity contribution in [1.29, 1.82) is 0 Å². The zero-order valence-electron chi connectivity index (χ0n) is 16.5. The van der Waals surface area contributed by atoms with E-state index < -0.39 is 0 Å². The molecule has 1 N–H and O–H groups in total. The number of hydrogen-bond acceptors (Lipinski definition) is 5. The van der Waals surface area contributed by atoms with Crippen molar-refractivity contribution in [2.24, 2.45) is 7.05 Å². The molecular formula is C21H24N4O4. The maximum Gasteiger partial charge on any atom is 0.330 e. The molecule has 1 amide bonds. The van der Waals surface area contributed by atoms with Gasteiger partial charge in [0, 0.05) is 26.2 Å². The molecule has 152 valence electrons. The van der Waals surface area contributed by atoms with Crippen molar-refractivity contribution >= 4 is 17.1 Å². The topological polar surface area (TPSA) is 89.6 Å². The number of hydrogen-bond donors (Lipinski definition) is 1. The van der Waals surface area contributed by atoms with Gasteiger partial charge < -0.3 is 14.7 Å². The van der Waals surface area contributed by atoms with Crippen LogP contribution in [-0.2, 0) is 18.3 Å². The number of piperidine rings is 1. The summed E-state index contributed by atoms with van der Waals surface area (Å²) in [6.45, 7) is 1.12. The first kappa shape index (κ1) is 19.0. The Bertz CT molecular complexity index is 1120. The smallest absolute Gasteiger partial charge is 0.330 e. The van der Waals surface area contributed by atoms with Crippen LogP contribution in [0.15, 0.2) is 41.3 Å². The van der Waals surface area contributed by atoms with Crippen molar-refractivity contribution in [2.75, 3.05) is 20.2 Å². The second kappa shape index (κ2) is 7.62. The summed E-state index contributed by atoms with van der Waals surface area (Å²) >= 11 is 0. The molecule has 1 aliphatic rings. The van der Waals surface area contributed by atoms with Crippen LogP contribution in [-0.4, -0.2) is 50.2 Å². The van der Waals surface area contributed by atoms with Gasteiger partial charge in [-0.25, -0.2) is 9.78 Å². The van der Waals surface area contributed by atoms with Crippen LogP contribution in [0.4, 0.5) is 0 Å². The van der Waals surface area contributed by atoms with E-state index in [2.05, 4.69) is 4.98 Å². The summed E-state index contributed by atoms with van der Waals surface area (Å²) < 4.78 is 8.37. The first-order chi connectivity index (χ1) is 14.0. The highest BCUT2D eigenvalue weighted by Crippen LogP contribution is 2.26. The molecule has 1 fully saturated rings. The largest absolute Gasteiger partial charge is 0.506 e. The van der Waals surface area contributed by atoms with E-state index in [1.165, 1.54) is 10.8 Å². The van der Waals surface area contributed by atoms with Crippen LogP contribution in [0.25, 0.3) is 11.2 Å². The predicted octanol–water partition coefficient (Wildman–Crippen LogP) is 1.86. The molecule has 1 atom stereocenters. The number of aromatic hydroxyl groups is 1. The summed E-state index contributed by atoms with van der Waals surface area (Å²) in [5, 5.41) is 9.84. The molecule has 1 aliphatic heterocycles. The number of rotatable bonds is 4. The summed E-state index contributed by atoms with van der Waals surface area (Å²) in [6, 6.07) is 8.89. The third kappa shape index (κ3) is 3.57. The molecule has 1 unspecified atom stereocenters. The molecule has 29 heavy (non-hydrogen) atoms. The second-order valence-electron chi connectivity index (χ2n) is 7.41. The number of benzene rings is 1. The van der Waals surface area contributed by atoms with E-state index in [9.17, 15) is 14.7 Å². The number of aryl methyl sites for hydroxylation is 1. The fourth-order valence-corrected chi connectivity index (χ4v) is 4.04. The van der Waals surface area contributed by atoms with E-state index in [1.54, 1.807) is 24.8 Å². The van der Waals surface area contributed by atoms with Crippen LogP contribution in [0.1, 0.15) is 24.4 Å². The number of aromatic nitrogens is 3. The molecular weight excluding hydrogens is 372 g/mol. The Morgan fingerprint density at radius 1 is 1.34 bits per heavy atom. The molecule has 0 spiro atoms. The van der Waals surface area contributed by atoms with E-state index in [0.717, 1.165) is 24.2 Å². The summed E-state index contributed by atoms with van der Waals surface area (Å²) in [5.41, 5.74) is 1.82. The SMILES string of the molecule is COc1cccc(CC(=O)N2CCCC(n3c(=O)n(C)c4ncc(O)cc43)C2)c1. The minimum atomic E-state index is -0.190. The van der Waals surface area contributed by atoms with Crippen molar-refractivity contribution in [3.63, 3.8) is 0 Å². The number of carbonyl (C=O) groups is 1. The predicted molar refractivity (Wildman–Crippen MR) is 108 cm³/mol. The summed E-state index contributed by atoms with van der Waals surface area (Å²) in [6.07, 6.45) is 3.22. The third-order valence-electron chi connectivity index (χ3n) is 5.51. The Balaban J connectivity index is 1.58. The Labute approximate surface area is 168 Å². The minimum absolute atomic E-state index is 0.0126. The van der Waals surface area contributed by atoms with Gasteiger partial charge in [-0.3, -0.25) is 13.9 Å². The van der Waals surface area contributed by atoms with E-state index in [-0.39, 0.29) is 29.8 Å². The molecule has 1 aromatic carbocycles. The van der Waals surface area contributed by atoms with Gasteiger partial charge in [-0.2, -0.15) is 0 Å². The Morgan fingerprint density at radius 2 is 2.17 bits per heavy atom. The lowest BCUT2D eigenvalue weighted by Gasteiger charge is -2.33. The Morgan fingerprint density at radius 3 is 2.97 bits per heavy atom. The highest BCUT2D eigenvalue weighted by atomic mass is 16.5. The maximum atomic E-state index is 12.9. The van der Waals surface area contributed by atoms with Crippen LogP contribution in [0.5, 0.6) is 11.5 Å². The number of pyridine rings is 1. The number of methoxy groups -OCH3 is 1. The molecule has 0 bridgehead atoms. The number of likely N-dealkylation sites (tertiary alicyclic amines) is 1. The zero-order chi connectivity index (χ0) is 20.5. The normalized spacial score (nSPS) is 16.9. The molecule has 8 nitrogen and oxygen atoms in total. The molecule has 0 saturated carbocycles. The van der Waals surface area contributed by atoms with E-state index in [4.69, 9.17) is 4.74 Å². The van der Waals surface area contributed by atoms with Crippen molar-refractivity contribution < 1.29 is 14.6 Å². The number of carbonyl (C=O) groups excluding carboxylic acids is 1. The monoisotopic (exact) mass is 396 g/mol. The molecule has 8 heteroatoms. The highest BCUT2D eigenvalue weighted by Gasteiger charge is 2.28. The molecule has 1 saturated heterocycles. The molecule has 4 rings (SSSR count). The Hall–Kier alpha value is -3.29. The van der Waals surface area contributed by atoms with Crippen molar-refractivity contribution in [1.82, 2.24) is 19.0 Å². The standard InChI is InChI=1S/C21H24N4O4/c1-23-20-18(11-16(26)12-22-20)25(21(23)28)15-6-4-8-24(13-15)19(27)10-14-5-3-7-17(9-14)29-2/h3,5,7,9,11-12,15,26H,4,6,8,10,13H2,1-2H3. The van der Waals surface area contributed by atoms with Gasteiger partial charge in [-0.15, -0.1) is 0 Å². The first-order valence-electron chi connectivity index (χ1n) is 9.64. The number of nitrogens with zero attached hydrogens (tertiary/aromatic N) is 4. The Kier molecular flexibility index (Phi) is 5.00. The molecule has 2 aromatic heterocycles. The number of ether oxygens (including phenoxy) is 1. The summed E-state index contributed by atoms with van der Waals surface area (Å²) in [4.78, 5) is 31.7. The molecule has 0 aliphatic carbocycles. The average molecular weight is 396 g/mol. The van der Waals surface area contributed by atoms with E-state index >= 15 is 0 Å². The average Bonchev–Trinajstić information content (AvgIpc) is 2.97. The van der Waals surface area contributed by atoms with Crippen molar-refractivity contribution in [3.8, 4) is 11.5 Å². The quantitative estimate of drug-likeness (QED) is 0.727. The number of fused-ring (bicyclic) bond motifs is 1. The zero-order valence-corrected chi connectivity index (χ0v) is 16.5. The van der Waals surface area contributed by atoms with Gasteiger partial charge in [0.1, 0.15) is 11.5 Å². The van der Waals surface area contributed by atoms with Crippen LogP contribution in [0.3, 0.4) is 0 Å². The van der Waals surface area contributed by atoms with Crippen molar-refractivity contribution in [2.45, 2.75) is 25.3 Å². The number of amides is 1. The third-order valence-corrected chi connectivity index (χ3v) is 5.51. The highest BCUT2D eigenvalue weighted by molar-refractivity contribution is 5.79. The fraction of sp³-hybridized carbons (Fsp3) is 0.381. The molecule has 3 heterocycles. The van der Waals surface area contributed by atoms with Crippen LogP contribution < -0.4 is 10.4 Å². The lowest BCUT2D eigenvalue weighted by atomic mass is 10.0. The first-order valence-corrected chi connectivity index (χ1v) is 9.64. The van der Waals surface area contributed by atoms with Gasteiger partial charge in [-0.1, -0.05) is 12.1 Å². The maximum absolute atomic E-state index is 12.9. The van der Waals surface area contributed by atoms with Gasteiger partial charge in [0.25, 0.3) is 0 Å². The van der Waals surface area contributed by atoms with Gasteiger partial charge in [0.05, 0.1) is 31.3 Å². The van der Waals surface area contributed by atoms with Crippen LogP contribution >= 0.6 is 0 Å². The van der Waals surface area contributed by atoms with Gasteiger partial charge in [0.2, 0.25) is 5.91 Å². The van der Waals surface area contributed by atoms with Crippen LogP contribution in [0.2, 0.25) is 0 Å². The second-order valence-corrected chi connectivity index (χ2v) is 7.41.